The lowest BCUT2D eigenvalue weighted by Gasteiger charge is -2.54. The average Bonchev–Trinajstić information content (AvgIpc) is 3.05. The van der Waals surface area contributed by atoms with E-state index >= 15 is 0 Å². The van der Waals surface area contributed by atoms with Crippen LogP contribution in [0.3, 0.4) is 0 Å². The van der Waals surface area contributed by atoms with Crippen molar-refractivity contribution in [3.8, 4) is 0 Å². The first-order chi connectivity index (χ1) is 17.5. The summed E-state index contributed by atoms with van der Waals surface area (Å²) < 4.78 is 1.91. The first-order valence-electron chi connectivity index (χ1n) is 14.1. The van der Waals surface area contributed by atoms with Gasteiger partial charge in [0.25, 0.3) is 5.56 Å². The van der Waals surface area contributed by atoms with Gasteiger partial charge in [0.05, 0.1) is 18.1 Å². The molecule has 36 heavy (non-hydrogen) atoms. The zero-order chi connectivity index (χ0) is 24.8. The van der Waals surface area contributed by atoms with E-state index in [4.69, 9.17) is 4.84 Å². The van der Waals surface area contributed by atoms with Gasteiger partial charge in [0.1, 0.15) is 0 Å². The lowest BCUT2D eigenvalue weighted by molar-refractivity contribution is -0.0762. The molecule has 2 saturated heterocycles. The monoisotopic (exact) mass is 492 g/mol. The molecule has 4 fully saturated rings. The predicted octanol–water partition coefficient (Wildman–Crippen LogP) is 4.95. The number of aromatic nitrogens is 2. The topological polar surface area (TPSA) is 67.7 Å². The van der Waals surface area contributed by atoms with Crippen molar-refractivity contribution in [2.75, 3.05) is 14.2 Å². The summed E-state index contributed by atoms with van der Waals surface area (Å²) in [5.41, 5.74) is 1.18. The van der Waals surface area contributed by atoms with Gasteiger partial charge in [-0.1, -0.05) is 44.2 Å². The Morgan fingerprint density at radius 1 is 0.889 bits per heavy atom. The Hall–Kier alpha value is -2.25. The first-order valence-corrected chi connectivity index (χ1v) is 14.1. The minimum Gasteiger partial charge on any atom is -0.302 e. The fourth-order valence-electron chi connectivity index (χ4n) is 8.19. The fourth-order valence-corrected chi connectivity index (χ4v) is 8.19. The number of carbonyl (C=O) groups is 1. The summed E-state index contributed by atoms with van der Waals surface area (Å²) in [5.74, 6) is 1.32. The van der Waals surface area contributed by atoms with Gasteiger partial charge in [-0.2, -0.15) is 0 Å². The standard InChI is InChI=1S/C29H40N4O3/c1-31(36-2)28(34)27-29(35)33(26-13-6-5-12-25(26)30-27)24-17-21-10-7-11-22(18-24)32(21)23-15-19-8-3-4-9-20(14-19)16-23/h5-6,12-13,19-24H,3-4,7-11,14-18H2,1-2H3/t19?,20?,21-,22+,23?,24+. The second kappa shape index (κ2) is 9.90. The van der Waals surface area contributed by atoms with E-state index in [2.05, 4.69) is 9.88 Å². The molecular formula is C29H40N4O3. The minimum atomic E-state index is -0.496. The molecule has 7 heteroatoms. The molecule has 0 radical (unpaired) electrons. The SMILES string of the molecule is CON(C)C(=O)c1nc2ccccc2n([C@H]2C[C@H]3CCC[C@@H](C2)N3C2CC3CCCCC(C3)C2)c1=O. The molecule has 0 spiro atoms. The van der Waals surface area contributed by atoms with E-state index in [9.17, 15) is 9.59 Å². The number of hydrogen-bond acceptors (Lipinski definition) is 5. The maximum Gasteiger partial charge on any atom is 0.301 e. The molecule has 1 aromatic heterocycles. The number of piperidine rings is 2. The lowest BCUT2D eigenvalue weighted by atomic mass is 9.73. The van der Waals surface area contributed by atoms with Gasteiger partial charge in [-0.15, -0.1) is 0 Å². The Bertz CT molecular complexity index is 1150. The van der Waals surface area contributed by atoms with Crippen LogP contribution in [0.5, 0.6) is 0 Å². The van der Waals surface area contributed by atoms with Crippen molar-refractivity contribution in [3.05, 3.63) is 40.3 Å². The van der Waals surface area contributed by atoms with Crippen molar-refractivity contribution in [1.82, 2.24) is 19.5 Å². The van der Waals surface area contributed by atoms with Crippen molar-refractivity contribution >= 4 is 16.9 Å². The molecule has 6 rings (SSSR count). The Morgan fingerprint density at radius 3 is 2.22 bits per heavy atom. The summed E-state index contributed by atoms with van der Waals surface area (Å²) >= 11 is 0. The van der Waals surface area contributed by atoms with Crippen LogP contribution in [-0.2, 0) is 4.84 Å². The molecule has 4 aliphatic rings. The van der Waals surface area contributed by atoms with Gasteiger partial charge >= 0.3 is 5.91 Å². The quantitative estimate of drug-likeness (QED) is 0.565. The fraction of sp³-hybridized carbons (Fsp3) is 0.690. The van der Waals surface area contributed by atoms with Gasteiger partial charge in [-0.3, -0.25) is 19.3 Å². The van der Waals surface area contributed by atoms with Gasteiger partial charge in [-0.05, 0) is 68.9 Å². The molecule has 194 valence electrons. The molecule has 1 aromatic carbocycles. The maximum absolute atomic E-state index is 13.8. The number of hydroxylamine groups is 2. The van der Waals surface area contributed by atoms with Crippen molar-refractivity contribution in [3.63, 3.8) is 0 Å². The van der Waals surface area contributed by atoms with Gasteiger partial charge in [0.2, 0.25) is 0 Å². The molecule has 1 amide bonds. The molecule has 4 bridgehead atoms. The van der Waals surface area contributed by atoms with Crippen LogP contribution in [0.15, 0.2) is 29.1 Å². The van der Waals surface area contributed by atoms with Gasteiger partial charge < -0.3 is 4.57 Å². The molecule has 3 heterocycles. The highest BCUT2D eigenvalue weighted by Gasteiger charge is 2.45. The third-order valence-corrected chi connectivity index (χ3v) is 9.70. The molecule has 0 N–H and O–H groups in total. The number of fused-ring (bicyclic) bond motifs is 5. The van der Waals surface area contributed by atoms with Gasteiger partial charge in [-0.25, -0.2) is 10.0 Å². The van der Waals surface area contributed by atoms with E-state index in [-0.39, 0.29) is 17.3 Å². The Balaban J connectivity index is 1.34. The summed E-state index contributed by atoms with van der Waals surface area (Å²) in [6.45, 7) is 0. The van der Waals surface area contributed by atoms with Crippen molar-refractivity contribution in [1.29, 1.82) is 0 Å². The van der Waals surface area contributed by atoms with Crippen LogP contribution in [0.25, 0.3) is 11.0 Å². The summed E-state index contributed by atoms with van der Waals surface area (Å²) in [6, 6.07) is 9.59. The smallest absolute Gasteiger partial charge is 0.301 e. The molecule has 2 aromatic rings. The zero-order valence-corrected chi connectivity index (χ0v) is 21.8. The molecular weight excluding hydrogens is 452 g/mol. The number of benzene rings is 1. The zero-order valence-electron chi connectivity index (χ0n) is 21.8. The first kappa shape index (κ1) is 24.1. The lowest BCUT2D eigenvalue weighted by Crippen LogP contribution is -2.58. The number of hydrogen-bond donors (Lipinski definition) is 0. The van der Waals surface area contributed by atoms with E-state index in [0.717, 1.165) is 35.3 Å². The molecule has 7 nitrogen and oxygen atoms in total. The molecule has 5 atom stereocenters. The molecule has 2 aliphatic heterocycles. The third kappa shape index (κ3) is 4.28. The van der Waals surface area contributed by atoms with Crippen LogP contribution in [0, 0.1) is 11.8 Å². The minimum absolute atomic E-state index is 0.0537. The molecule has 2 unspecified atom stereocenters. The van der Waals surface area contributed by atoms with Crippen molar-refractivity contribution in [2.45, 2.75) is 101 Å². The Labute approximate surface area is 213 Å². The number of carbonyl (C=O) groups excluding carboxylic acids is 1. The second-order valence-corrected chi connectivity index (χ2v) is 11.8. The summed E-state index contributed by atoms with van der Waals surface area (Å²) in [6.07, 6.45) is 15.5. The van der Waals surface area contributed by atoms with Crippen molar-refractivity contribution < 1.29 is 9.63 Å². The second-order valence-electron chi connectivity index (χ2n) is 11.8. The number of para-hydroxylation sites is 2. The van der Waals surface area contributed by atoms with Crippen LogP contribution < -0.4 is 5.56 Å². The van der Waals surface area contributed by atoms with Gasteiger partial charge in [0, 0.05) is 31.2 Å². The van der Waals surface area contributed by atoms with E-state index < -0.39 is 5.91 Å². The normalized spacial score (nSPS) is 32.7. The Kier molecular flexibility index (Phi) is 6.63. The van der Waals surface area contributed by atoms with Crippen LogP contribution in [0.2, 0.25) is 0 Å². The number of amides is 1. The van der Waals surface area contributed by atoms with Crippen molar-refractivity contribution in [2.24, 2.45) is 11.8 Å². The summed E-state index contributed by atoms with van der Waals surface area (Å²) in [4.78, 5) is 39.3. The van der Waals surface area contributed by atoms with Crippen LogP contribution in [-0.4, -0.2) is 57.7 Å². The van der Waals surface area contributed by atoms with Gasteiger partial charge in [0.15, 0.2) is 5.69 Å². The predicted molar refractivity (Wildman–Crippen MR) is 140 cm³/mol. The van der Waals surface area contributed by atoms with E-state index in [1.54, 1.807) is 0 Å². The average molecular weight is 493 g/mol. The van der Waals surface area contributed by atoms with E-state index in [1.165, 1.54) is 78.4 Å². The largest absolute Gasteiger partial charge is 0.302 e. The highest BCUT2D eigenvalue weighted by Crippen LogP contribution is 2.46. The van der Waals surface area contributed by atoms with E-state index in [1.807, 2.05) is 28.8 Å². The number of rotatable bonds is 4. The third-order valence-electron chi connectivity index (χ3n) is 9.70. The molecule has 2 aliphatic carbocycles. The van der Waals surface area contributed by atoms with E-state index in [0.29, 0.717) is 23.6 Å². The van der Waals surface area contributed by atoms with Crippen LogP contribution in [0.1, 0.15) is 93.6 Å². The maximum atomic E-state index is 13.8. The summed E-state index contributed by atoms with van der Waals surface area (Å²) in [5, 5.41) is 1.09. The van der Waals surface area contributed by atoms with Crippen LogP contribution in [0.4, 0.5) is 0 Å². The highest BCUT2D eigenvalue weighted by molar-refractivity contribution is 5.93. The summed E-state index contributed by atoms with van der Waals surface area (Å²) in [7, 11) is 2.95. The number of nitrogens with zero attached hydrogens (tertiary/aromatic N) is 4. The Morgan fingerprint density at radius 2 is 1.56 bits per heavy atom. The molecule has 2 saturated carbocycles. The highest BCUT2D eigenvalue weighted by atomic mass is 16.7. The van der Waals surface area contributed by atoms with Crippen LogP contribution >= 0.6 is 0 Å².